The Hall–Kier alpha value is -2.29. The van der Waals surface area contributed by atoms with Crippen LogP contribution in [0.5, 0.6) is 0 Å². The Morgan fingerprint density at radius 1 is 1.00 bits per heavy atom. The summed E-state index contributed by atoms with van der Waals surface area (Å²) in [5.41, 5.74) is 0.706. The molecule has 0 amide bonds. The van der Waals surface area contributed by atoms with Crippen molar-refractivity contribution in [1.29, 1.82) is 0 Å². The average Bonchev–Trinajstić information content (AvgIpc) is 2.97. The van der Waals surface area contributed by atoms with Crippen LogP contribution in [0.15, 0.2) is 57.6 Å². The maximum absolute atomic E-state index is 11.9. The molecule has 0 spiro atoms. The number of hydrogen-bond donors (Lipinski definition) is 0. The molecule has 0 unspecified atom stereocenters. The molecule has 0 aliphatic carbocycles. The van der Waals surface area contributed by atoms with Crippen molar-refractivity contribution in [2.24, 2.45) is 0 Å². The molecule has 2 aromatic heterocycles. The van der Waals surface area contributed by atoms with E-state index in [1.807, 2.05) is 24.3 Å². The van der Waals surface area contributed by atoms with Crippen LogP contribution in [0, 0.1) is 0 Å². The van der Waals surface area contributed by atoms with Gasteiger partial charge >= 0.3 is 0 Å². The Morgan fingerprint density at radius 2 is 1.88 bits per heavy atom. The lowest BCUT2D eigenvalue weighted by atomic mass is 10.2. The highest BCUT2D eigenvalue weighted by Gasteiger charge is 2.16. The van der Waals surface area contributed by atoms with Crippen LogP contribution in [0.2, 0.25) is 0 Å². The molecule has 3 nitrogen and oxygen atoms in total. The van der Waals surface area contributed by atoms with E-state index in [0.29, 0.717) is 17.1 Å². The van der Waals surface area contributed by atoms with Crippen LogP contribution in [-0.4, -0.2) is 5.78 Å². The highest BCUT2D eigenvalue weighted by Crippen LogP contribution is 2.21. The number of rotatable bonds is 2. The van der Waals surface area contributed by atoms with Gasteiger partial charge < -0.3 is 8.83 Å². The van der Waals surface area contributed by atoms with Gasteiger partial charge in [0.1, 0.15) is 5.58 Å². The maximum Gasteiger partial charge on any atom is 0.263 e. The second-order valence-corrected chi connectivity index (χ2v) is 3.45. The zero-order valence-electron chi connectivity index (χ0n) is 8.34. The van der Waals surface area contributed by atoms with Gasteiger partial charge in [0.05, 0.1) is 6.26 Å². The summed E-state index contributed by atoms with van der Waals surface area (Å²) in [6, 6.07) is 12.5. The molecule has 2 heterocycles. The molecule has 0 bridgehead atoms. The van der Waals surface area contributed by atoms with E-state index >= 15 is 0 Å². The van der Waals surface area contributed by atoms with Gasteiger partial charge in [-0.1, -0.05) is 18.2 Å². The number of furan rings is 2. The summed E-state index contributed by atoms with van der Waals surface area (Å²) in [5.74, 6) is 0.358. The first-order valence-corrected chi connectivity index (χ1v) is 4.91. The fourth-order valence-corrected chi connectivity index (χ4v) is 1.62. The van der Waals surface area contributed by atoms with Crippen molar-refractivity contribution < 1.29 is 13.6 Å². The van der Waals surface area contributed by atoms with Gasteiger partial charge in [-0.2, -0.15) is 0 Å². The van der Waals surface area contributed by atoms with Gasteiger partial charge in [0.2, 0.25) is 0 Å². The van der Waals surface area contributed by atoms with Gasteiger partial charge in [0.25, 0.3) is 5.78 Å². The number of benzene rings is 1. The van der Waals surface area contributed by atoms with Gasteiger partial charge in [-0.15, -0.1) is 0 Å². The number of fused-ring (bicyclic) bond motifs is 1. The summed E-state index contributed by atoms with van der Waals surface area (Å²) in [6.45, 7) is 0. The third kappa shape index (κ3) is 1.34. The predicted molar refractivity (Wildman–Crippen MR) is 58.4 cm³/mol. The molecule has 0 aliphatic rings. The second-order valence-electron chi connectivity index (χ2n) is 3.45. The van der Waals surface area contributed by atoms with Crippen LogP contribution in [0.1, 0.15) is 16.3 Å². The monoisotopic (exact) mass is 212 g/mol. The van der Waals surface area contributed by atoms with Gasteiger partial charge in [-0.3, -0.25) is 4.79 Å². The van der Waals surface area contributed by atoms with Gasteiger partial charge in [-0.05, 0) is 24.3 Å². The van der Waals surface area contributed by atoms with Crippen molar-refractivity contribution in [2.45, 2.75) is 0 Å². The molecule has 0 atom stereocenters. The Bertz CT molecular complexity index is 599. The van der Waals surface area contributed by atoms with Crippen LogP contribution < -0.4 is 0 Å². The molecule has 0 saturated carbocycles. The molecule has 16 heavy (non-hydrogen) atoms. The van der Waals surface area contributed by atoms with Crippen LogP contribution in [0.3, 0.4) is 0 Å². The van der Waals surface area contributed by atoms with Gasteiger partial charge in [-0.25, -0.2) is 0 Å². The molecule has 0 N–H and O–H groups in total. The molecule has 0 saturated heterocycles. The van der Waals surface area contributed by atoms with E-state index in [4.69, 9.17) is 8.83 Å². The van der Waals surface area contributed by atoms with Crippen LogP contribution in [0.4, 0.5) is 0 Å². The van der Waals surface area contributed by atoms with E-state index in [2.05, 4.69) is 0 Å². The molecule has 3 rings (SSSR count). The maximum atomic E-state index is 11.9. The number of ketones is 1. The third-order valence-electron chi connectivity index (χ3n) is 2.39. The molecule has 3 aromatic rings. The summed E-state index contributed by atoms with van der Waals surface area (Å²) in [6.07, 6.45) is 1.47. The van der Waals surface area contributed by atoms with E-state index < -0.39 is 0 Å². The third-order valence-corrected chi connectivity index (χ3v) is 2.39. The molecular formula is C13H8O3. The molecule has 0 fully saturated rings. The average molecular weight is 212 g/mol. The lowest BCUT2D eigenvalue weighted by Crippen LogP contribution is -1.96. The van der Waals surface area contributed by atoms with Crippen molar-refractivity contribution in [1.82, 2.24) is 0 Å². The minimum Gasteiger partial charge on any atom is -0.461 e. The molecule has 0 aliphatic heterocycles. The standard InChI is InChI=1S/C13H8O3/c14-13(11-6-3-7-15-11)12-8-9-4-1-2-5-10(9)16-12/h1-8H. The Balaban J connectivity index is 2.10. The number of hydrogen-bond acceptors (Lipinski definition) is 3. The fraction of sp³-hybridized carbons (Fsp3) is 0. The van der Waals surface area contributed by atoms with Crippen molar-refractivity contribution >= 4 is 16.8 Å². The van der Waals surface area contributed by atoms with E-state index in [1.54, 1.807) is 18.2 Å². The van der Waals surface area contributed by atoms with E-state index in [1.165, 1.54) is 6.26 Å². The number of carbonyl (C=O) groups is 1. The lowest BCUT2D eigenvalue weighted by Gasteiger charge is -1.89. The first kappa shape index (κ1) is 8.97. The summed E-state index contributed by atoms with van der Waals surface area (Å²) in [5, 5.41) is 0.914. The molecule has 0 radical (unpaired) electrons. The summed E-state index contributed by atoms with van der Waals surface area (Å²) >= 11 is 0. The SMILES string of the molecule is O=C(c1ccco1)c1cc2ccccc2o1. The second kappa shape index (κ2) is 3.38. The topological polar surface area (TPSA) is 43.4 Å². The zero-order valence-corrected chi connectivity index (χ0v) is 8.34. The Labute approximate surface area is 91.3 Å². The van der Waals surface area contributed by atoms with Crippen molar-refractivity contribution in [3.63, 3.8) is 0 Å². The molecular weight excluding hydrogens is 204 g/mol. The van der Waals surface area contributed by atoms with Gasteiger partial charge in [0, 0.05) is 5.39 Å². The quantitative estimate of drug-likeness (QED) is 0.612. The van der Waals surface area contributed by atoms with Crippen molar-refractivity contribution in [2.75, 3.05) is 0 Å². The van der Waals surface area contributed by atoms with Crippen LogP contribution in [0.25, 0.3) is 11.0 Å². The van der Waals surface area contributed by atoms with Gasteiger partial charge in [0.15, 0.2) is 11.5 Å². The first-order valence-electron chi connectivity index (χ1n) is 4.91. The number of para-hydroxylation sites is 1. The minimum absolute atomic E-state index is 0.235. The fourth-order valence-electron chi connectivity index (χ4n) is 1.62. The summed E-state index contributed by atoms with van der Waals surface area (Å²) in [7, 11) is 0. The highest BCUT2D eigenvalue weighted by molar-refractivity contribution is 6.07. The molecule has 78 valence electrons. The van der Waals surface area contributed by atoms with Crippen molar-refractivity contribution in [3.05, 3.63) is 60.2 Å². The lowest BCUT2D eigenvalue weighted by molar-refractivity contribution is 0.0985. The van der Waals surface area contributed by atoms with E-state index in [9.17, 15) is 4.79 Å². The Kier molecular flexibility index (Phi) is 1.90. The predicted octanol–water partition coefficient (Wildman–Crippen LogP) is 3.26. The first-order chi connectivity index (χ1) is 7.84. The Morgan fingerprint density at radius 3 is 2.62 bits per heavy atom. The number of carbonyl (C=O) groups excluding carboxylic acids is 1. The molecule has 3 heteroatoms. The summed E-state index contributed by atoms with van der Waals surface area (Å²) < 4.78 is 10.5. The largest absolute Gasteiger partial charge is 0.461 e. The minimum atomic E-state index is -0.235. The summed E-state index contributed by atoms with van der Waals surface area (Å²) in [4.78, 5) is 11.9. The van der Waals surface area contributed by atoms with Crippen LogP contribution in [-0.2, 0) is 0 Å². The van der Waals surface area contributed by atoms with E-state index in [-0.39, 0.29) is 5.78 Å². The molecule has 1 aromatic carbocycles. The zero-order chi connectivity index (χ0) is 11.0. The highest BCUT2D eigenvalue weighted by atomic mass is 16.4. The van der Waals surface area contributed by atoms with E-state index in [0.717, 1.165) is 5.39 Å². The van der Waals surface area contributed by atoms with Crippen LogP contribution >= 0.6 is 0 Å². The smallest absolute Gasteiger partial charge is 0.263 e. The van der Waals surface area contributed by atoms with Crippen molar-refractivity contribution in [3.8, 4) is 0 Å². The normalized spacial score (nSPS) is 10.8.